The van der Waals surface area contributed by atoms with Gasteiger partial charge in [-0.15, -0.1) is 0 Å². The molecule has 0 spiro atoms. The maximum absolute atomic E-state index is 10.4. The van der Waals surface area contributed by atoms with E-state index in [-0.39, 0.29) is 0 Å². The number of aromatic nitrogens is 2. The van der Waals surface area contributed by atoms with Gasteiger partial charge in [-0.05, 0) is 59.6 Å². The average Bonchev–Trinajstić information content (AvgIpc) is 3.44. The summed E-state index contributed by atoms with van der Waals surface area (Å²) in [5.41, 5.74) is 3.68. The van der Waals surface area contributed by atoms with Crippen molar-refractivity contribution in [3.8, 4) is 5.75 Å². The van der Waals surface area contributed by atoms with E-state index in [1.54, 1.807) is 42.1 Å². The van der Waals surface area contributed by atoms with Crippen LogP contribution in [0.3, 0.4) is 0 Å². The molecule has 0 aliphatic carbocycles. The van der Waals surface area contributed by atoms with E-state index in [9.17, 15) is 5.02 Å². The van der Waals surface area contributed by atoms with Crippen LogP contribution in [-0.4, -0.2) is 29.2 Å². The number of nitrogens with zero attached hydrogens (tertiary/aromatic N) is 2. The lowest BCUT2D eigenvalue weighted by Gasteiger charge is -2.16. The van der Waals surface area contributed by atoms with Crippen molar-refractivity contribution in [2.75, 3.05) is 0 Å². The summed E-state index contributed by atoms with van der Waals surface area (Å²) in [7, 11) is -1.50. The molecule has 0 fully saturated rings. The zero-order valence-corrected chi connectivity index (χ0v) is 19.6. The van der Waals surface area contributed by atoms with E-state index in [0.29, 0.717) is 19.0 Å². The number of hydrogen-bond acceptors (Lipinski definition) is 8. The zero-order chi connectivity index (χ0) is 22.9. The first-order chi connectivity index (χ1) is 16.7. The van der Waals surface area contributed by atoms with Crippen LogP contribution < -0.4 is 15.6 Å². The number of pyridine rings is 2. The molecule has 4 aromatic rings. The summed E-state index contributed by atoms with van der Waals surface area (Å²) < 4.78 is 17.9. The smallest absolute Gasteiger partial charge is 0.532 e. The summed E-state index contributed by atoms with van der Waals surface area (Å²) in [6, 6.07) is 20.0. The fraction of sp³-hybridized carbons (Fsp3) is 0.0833. The molecule has 0 saturated heterocycles. The molecule has 34 heavy (non-hydrogen) atoms. The first-order valence-electron chi connectivity index (χ1n) is 10.8. The molecule has 0 radical (unpaired) electrons. The minimum atomic E-state index is -0.964. The van der Waals surface area contributed by atoms with Crippen LogP contribution in [0.5, 0.6) is 5.75 Å². The zero-order valence-electron chi connectivity index (χ0n) is 18.0. The molecule has 2 aromatic carbocycles. The molecular weight excluding hydrogens is 466 g/mol. The molecule has 0 unspecified atom stereocenters. The molecule has 1 N–H and O–H groups in total. The minimum absolute atomic E-state index is 0.293. The molecular formula is C24H18B2N2O4S2. The molecule has 2 aliphatic heterocycles. The highest BCUT2D eigenvalue weighted by atomic mass is 32.2. The highest BCUT2D eigenvalue weighted by molar-refractivity contribution is 7.99. The lowest BCUT2D eigenvalue weighted by molar-refractivity contribution is 0.266. The summed E-state index contributed by atoms with van der Waals surface area (Å²) in [5.74, 6) is 0.659. The van der Waals surface area contributed by atoms with E-state index in [1.165, 1.54) is 0 Å². The van der Waals surface area contributed by atoms with Crippen LogP contribution in [0.1, 0.15) is 11.1 Å². The standard InChI is InChI=1S/C24H18B2N2O4S2/c29-25-22-12-19(33-17-6-9-27-10-7-17)13-23(20(22)15-30-25)32-26-21-11-18(5-4-16(21)14-31-26)34-24-3-1-2-8-28-24/h1-13,29H,14-15H2. The molecule has 2 aliphatic rings. The lowest BCUT2D eigenvalue weighted by atomic mass is 9.77. The maximum Gasteiger partial charge on any atom is 0.563 e. The Hall–Kier alpha value is -2.75. The largest absolute Gasteiger partial charge is 0.563 e. The van der Waals surface area contributed by atoms with Crippen LogP contribution >= 0.6 is 23.5 Å². The molecule has 4 heterocycles. The van der Waals surface area contributed by atoms with Gasteiger partial charge in [0.25, 0.3) is 0 Å². The fourth-order valence-corrected chi connectivity index (χ4v) is 5.66. The molecule has 6 rings (SSSR count). The number of fused-ring (bicyclic) bond motifs is 2. The molecule has 0 atom stereocenters. The Morgan fingerprint density at radius 1 is 0.824 bits per heavy atom. The lowest BCUT2D eigenvalue weighted by Crippen LogP contribution is -2.36. The van der Waals surface area contributed by atoms with Crippen LogP contribution in [0.4, 0.5) is 0 Å². The van der Waals surface area contributed by atoms with Crippen molar-refractivity contribution in [2.45, 2.75) is 32.9 Å². The van der Waals surface area contributed by atoms with Gasteiger partial charge >= 0.3 is 14.2 Å². The Morgan fingerprint density at radius 3 is 2.56 bits per heavy atom. The Kier molecular flexibility index (Phi) is 6.07. The number of rotatable bonds is 6. The topological polar surface area (TPSA) is 73.7 Å². The summed E-state index contributed by atoms with van der Waals surface area (Å²) in [5, 5.41) is 11.3. The average molecular weight is 484 g/mol. The second-order valence-electron chi connectivity index (χ2n) is 7.83. The molecule has 10 heteroatoms. The van der Waals surface area contributed by atoms with Gasteiger partial charge in [0.2, 0.25) is 0 Å². The molecule has 0 amide bonds. The molecule has 0 bridgehead atoms. The molecule has 166 valence electrons. The summed E-state index contributed by atoms with van der Waals surface area (Å²) in [6.07, 6.45) is 5.31. The molecule has 2 aromatic heterocycles. The van der Waals surface area contributed by atoms with Crippen molar-refractivity contribution in [3.63, 3.8) is 0 Å². The summed E-state index contributed by atoms with van der Waals surface area (Å²) in [4.78, 5) is 11.5. The van der Waals surface area contributed by atoms with Gasteiger partial charge < -0.3 is 19.0 Å². The first kappa shape index (κ1) is 21.8. The van der Waals surface area contributed by atoms with Gasteiger partial charge in [0.05, 0.1) is 13.2 Å². The van der Waals surface area contributed by atoms with Crippen molar-refractivity contribution < 1.29 is 19.0 Å². The van der Waals surface area contributed by atoms with E-state index in [0.717, 1.165) is 41.8 Å². The van der Waals surface area contributed by atoms with E-state index >= 15 is 0 Å². The van der Waals surface area contributed by atoms with Crippen LogP contribution in [0.25, 0.3) is 0 Å². The monoisotopic (exact) mass is 484 g/mol. The predicted octanol–water partition coefficient (Wildman–Crippen LogP) is 3.30. The summed E-state index contributed by atoms with van der Waals surface area (Å²) >= 11 is 3.18. The van der Waals surface area contributed by atoms with Crippen molar-refractivity contribution in [3.05, 3.63) is 90.4 Å². The van der Waals surface area contributed by atoms with Gasteiger partial charge in [0.1, 0.15) is 10.8 Å². The number of benzene rings is 2. The van der Waals surface area contributed by atoms with Gasteiger partial charge in [-0.1, -0.05) is 35.7 Å². The number of hydrogen-bond donors (Lipinski definition) is 1. The highest BCUT2D eigenvalue weighted by Crippen LogP contribution is 2.34. The third-order valence-corrected chi connectivity index (χ3v) is 7.53. The van der Waals surface area contributed by atoms with E-state index < -0.39 is 14.2 Å². The second-order valence-corrected chi connectivity index (χ2v) is 10.1. The van der Waals surface area contributed by atoms with Crippen molar-refractivity contribution >= 4 is 48.7 Å². The Labute approximate surface area is 206 Å². The van der Waals surface area contributed by atoms with Gasteiger partial charge in [-0.2, -0.15) is 0 Å². The van der Waals surface area contributed by atoms with E-state index in [1.807, 2.05) is 42.5 Å². The molecule has 0 saturated carbocycles. The van der Waals surface area contributed by atoms with Crippen molar-refractivity contribution in [1.82, 2.24) is 9.97 Å². The first-order valence-corrected chi connectivity index (χ1v) is 12.4. The van der Waals surface area contributed by atoms with Crippen LogP contribution in [0.2, 0.25) is 0 Å². The van der Waals surface area contributed by atoms with Gasteiger partial charge in [-0.3, -0.25) is 4.98 Å². The minimum Gasteiger partial charge on any atom is -0.532 e. The van der Waals surface area contributed by atoms with E-state index in [4.69, 9.17) is 14.0 Å². The predicted molar refractivity (Wildman–Crippen MR) is 133 cm³/mol. The Balaban J connectivity index is 1.29. The maximum atomic E-state index is 10.4. The Bertz CT molecular complexity index is 1330. The fourth-order valence-electron chi connectivity index (χ4n) is 3.96. The normalized spacial score (nSPS) is 14.3. The third-order valence-electron chi connectivity index (χ3n) is 5.61. The quantitative estimate of drug-likeness (QED) is 0.419. The second kappa shape index (κ2) is 9.48. The third kappa shape index (κ3) is 4.47. The van der Waals surface area contributed by atoms with Crippen molar-refractivity contribution in [1.29, 1.82) is 0 Å². The molecule has 6 nitrogen and oxygen atoms in total. The van der Waals surface area contributed by atoms with Crippen LogP contribution in [0, 0.1) is 0 Å². The summed E-state index contributed by atoms with van der Waals surface area (Å²) in [6.45, 7) is 0.780. The van der Waals surface area contributed by atoms with Gasteiger partial charge in [0.15, 0.2) is 0 Å². The van der Waals surface area contributed by atoms with Gasteiger partial charge in [-0.25, -0.2) is 4.98 Å². The van der Waals surface area contributed by atoms with E-state index in [2.05, 4.69) is 28.2 Å². The highest BCUT2D eigenvalue weighted by Gasteiger charge is 2.36. The van der Waals surface area contributed by atoms with Crippen LogP contribution in [0.15, 0.2) is 99.0 Å². The SMILES string of the molecule is OB1OCc2c(OB3OCc4ccc(Sc5ccccn5)cc43)cc(Sc3ccncc3)cc21. The van der Waals surface area contributed by atoms with Crippen molar-refractivity contribution in [2.24, 2.45) is 0 Å². The van der Waals surface area contributed by atoms with Crippen LogP contribution in [-0.2, 0) is 22.5 Å². The Morgan fingerprint density at radius 2 is 1.71 bits per heavy atom. The van der Waals surface area contributed by atoms with Gasteiger partial charge in [0, 0.05) is 44.3 Å².